The Morgan fingerprint density at radius 3 is 2.55 bits per heavy atom. The minimum atomic E-state index is -0.871. The van der Waals surface area contributed by atoms with Gasteiger partial charge < -0.3 is 10.6 Å². The van der Waals surface area contributed by atoms with E-state index in [1.165, 1.54) is 6.07 Å². The molecule has 5 heteroatoms. The molecule has 20 heavy (non-hydrogen) atoms. The number of pyridine rings is 1. The lowest BCUT2D eigenvalue weighted by molar-refractivity contribution is 0.496. The van der Waals surface area contributed by atoms with E-state index in [-0.39, 0.29) is 17.8 Å². The van der Waals surface area contributed by atoms with Crippen molar-refractivity contribution in [1.29, 1.82) is 0 Å². The summed E-state index contributed by atoms with van der Waals surface area (Å²) in [6, 6.07) is 8.62. The van der Waals surface area contributed by atoms with E-state index in [0.717, 1.165) is 5.69 Å². The first-order chi connectivity index (χ1) is 9.67. The zero-order chi connectivity index (χ0) is 14.5. The van der Waals surface area contributed by atoms with Gasteiger partial charge in [-0.25, -0.2) is 8.78 Å². The monoisotopic (exact) mass is 277 g/mol. The largest absolute Gasteiger partial charge is 0.363 e. The molecule has 1 heterocycles. The maximum absolute atomic E-state index is 14.1. The average molecular weight is 277 g/mol. The van der Waals surface area contributed by atoms with Crippen molar-refractivity contribution in [3.05, 3.63) is 59.4 Å². The zero-order valence-electron chi connectivity index (χ0n) is 11.3. The highest BCUT2D eigenvalue weighted by atomic mass is 19.2. The number of hydrogen-bond acceptors (Lipinski definition) is 3. The van der Waals surface area contributed by atoms with Crippen LogP contribution < -0.4 is 10.6 Å². The van der Waals surface area contributed by atoms with Crippen molar-refractivity contribution in [2.24, 2.45) is 5.73 Å². The number of rotatable bonds is 5. The molecule has 0 spiro atoms. The van der Waals surface area contributed by atoms with Crippen molar-refractivity contribution in [2.45, 2.75) is 20.0 Å². The maximum atomic E-state index is 14.1. The van der Waals surface area contributed by atoms with Gasteiger partial charge in [0.2, 0.25) is 0 Å². The minimum absolute atomic E-state index is 0.0185. The molecule has 0 radical (unpaired) electrons. The van der Waals surface area contributed by atoms with Crippen LogP contribution in [-0.4, -0.2) is 11.5 Å². The summed E-state index contributed by atoms with van der Waals surface area (Å²) in [5.74, 6) is -1.73. The Morgan fingerprint density at radius 2 is 1.95 bits per heavy atom. The number of anilines is 1. The number of nitrogens with two attached hydrogens (primary N) is 1. The van der Waals surface area contributed by atoms with E-state index < -0.39 is 11.6 Å². The van der Waals surface area contributed by atoms with Gasteiger partial charge in [-0.15, -0.1) is 0 Å². The predicted molar refractivity (Wildman–Crippen MR) is 75.2 cm³/mol. The van der Waals surface area contributed by atoms with E-state index in [1.54, 1.807) is 17.2 Å². The molecule has 1 aromatic heterocycles. The SMILES string of the molecule is CCN(Cc1ccccn1)c1ccc(CN)c(F)c1F. The smallest absolute Gasteiger partial charge is 0.182 e. The lowest BCUT2D eigenvalue weighted by Gasteiger charge is -2.23. The standard InChI is InChI=1S/C15H17F2N3/c1-2-20(10-12-5-3-4-8-19-12)13-7-6-11(9-18)14(16)15(13)17/h3-8H,2,9-10,18H2,1H3. The first-order valence-corrected chi connectivity index (χ1v) is 6.49. The van der Waals surface area contributed by atoms with Crippen LogP contribution in [0.1, 0.15) is 18.2 Å². The molecule has 2 aromatic rings. The van der Waals surface area contributed by atoms with Crippen LogP contribution in [0.25, 0.3) is 0 Å². The van der Waals surface area contributed by atoms with E-state index in [4.69, 9.17) is 5.73 Å². The molecule has 0 unspecified atom stereocenters. The summed E-state index contributed by atoms with van der Waals surface area (Å²) in [6.07, 6.45) is 1.68. The molecule has 0 aliphatic carbocycles. The van der Waals surface area contributed by atoms with Crippen LogP contribution in [-0.2, 0) is 13.1 Å². The number of nitrogens with zero attached hydrogens (tertiary/aromatic N) is 2. The lowest BCUT2D eigenvalue weighted by atomic mass is 10.1. The molecule has 0 amide bonds. The summed E-state index contributed by atoms with van der Waals surface area (Å²) in [5.41, 5.74) is 6.58. The molecule has 0 saturated carbocycles. The molecule has 0 atom stereocenters. The molecule has 0 bridgehead atoms. The van der Waals surface area contributed by atoms with Gasteiger partial charge >= 0.3 is 0 Å². The van der Waals surface area contributed by atoms with E-state index in [2.05, 4.69) is 4.98 Å². The molecule has 2 N–H and O–H groups in total. The highest BCUT2D eigenvalue weighted by molar-refractivity contribution is 5.50. The van der Waals surface area contributed by atoms with Gasteiger partial charge in [0.05, 0.1) is 17.9 Å². The van der Waals surface area contributed by atoms with Gasteiger partial charge in [0, 0.05) is 24.8 Å². The van der Waals surface area contributed by atoms with Crippen molar-refractivity contribution in [2.75, 3.05) is 11.4 Å². The van der Waals surface area contributed by atoms with Crippen LogP contribution in [0.4, 0.5) is 14.5 Å². The Kier molecular flexibility index (Phi) is 4.63. The molecule has 0 fully saturated rings. The fourth-order valence-corrected chi connectivity index (χ4v) is 2.04. The quantitative estimate of drug-likeness (QED) is 0.913. The minimum Gasteiger partial charge on any atom is -0.363 e. The summed E-state index contributed by atoms with van der Waals surface area (Å²) in [4.78, 5) is 5.94. The van der Waals surface area contributed by atoms with Gasteiger partial charge in [0.1, 0.15) is 0 Å². The van der Waals surface area contributed by atoms with Gasteiger partial charge in [0.25, 0.3) is 0 Å². The molecule has 0 aliphatic heterocycles. The average Bonchev–Trinajstić information content (AvgIpc) is 2.49. The molecule has 106 valence electrons. The van der Waals surface area contributed by atoms with E-state index in [1.807, 2.05) is 25.1 Å². The van der Waals surface area contributed by atoms with Crippen LogP contribution >= 0.6 is 0 Å². The summed E-state index contributed by atoms with van der Waals surface area (Å²) >= 11 is 0. The molecular formula is C15H17F2N3. The summed E-state index contributed by atoms with van der Waals surface area (Å²) in [7, 11) is 0. The number of benzene rings is 1. The maximum Gasteiger partial charge on any atom is 0.182 e. The summed E-state index contributed by atoms with van der Waals surface area (Å²) in [6.45, 7) is 2.84. The molecule has 2 rings (SSSR count). The van der Waals surface area contributed by atoms with E-state index in [9.17, 15) is 8.78 Å². The van der Waals surface area contributed by atoms with Gasteiger partial charge in [-0.2, -0.15) is 0 Å². The fourth-order valence-electron chi connectivity index (χ4n) is 2.04. The third-order valence-corrected chi connectivity index (χ3v) is 3.16. The van der Waals surface area contributed by atoms with Crippen LogP contribution in [0.5, 0.6) is 0 Å². The highest BCUT2D eigenvalue weighted by Crippen LogP contribution is 2.25. The Hall–Kier alpha value is -2.01. The fraction of sp³-hybridized carbons (Fsp3) is 0.267. The van der Waals surface area contributed by atoms with Gasteiger partial charge in [0.15, 0.2) is 11.6 Å². The topological polar surface area (TPSA) is 42.2 Å². The Morgan fingerprint density at radius 1 is 1.15 bits per heavy atom. The van der Waals surface area contributed by atoms with Crippen molar-refractivity contribution in [3.8, 4) is 0 Å². The van der Waals surface area contributed by atoms with Crippen LogP contribution in [0.2, 0.25) is 0 Å². The normalized spacial score (nSPS) is 10.6. The Bertz CT molecular complexity index is 573. The van der Waals surface area contributed by atoms with Crippen LogP contribution in [0.3, 0.4) is 0 Å². The second kappa shape index (κ2) is 6.43. The molecule has 0 aliphatic rings. The first kappa shape index (κ1) is 14.4. The molecule has 3 nitrogen and oxygen atoms in total. The second-order valence-corrected chi connectivity index (χ2v) is 4.41. The Labute approximate surface area is 117 Å². The van der Waals surface area contributed by atoms with E-state index >= 15 is 0 Å². The van der Waals surface area contributed by atoms with Gasteiger partial charge in [-0.1, -0.05) is 12.1 Å². The van der Waals surface area contributed by atoms with Crippen molar-refractivity contribution in [1.82, 2.24) is 4.98 Å². The van der Waals surface area contributed by atoms with E-state index in [0.29, 0.717) is 13.1 Å². The Balaban J connectivity index is 2.30. The van der Waals surface area contributed by atoms with Crippen molar-refractivity contribution < 1.29 is 8.78 Å². The number of hydrogen-bond donors (Lipinski definition) is 1. The second-order valence-electron chi connectivity index (χ2n) is 4.41. The van der Waals surface area contributed by atoms with Gasteiger partial charge in [-0.3, -0.25) is 4.98 Å². The molecular weight excluding hydrogens is 260 g/mol. The zero-order valence-corrected chi connectivity index (χ0v) is 11.3. The summed E-state index contributed by atoms with van der Waals surface area (Å²) in [5, 5.41) is 0. The summed E-state index contributed by atoms with van der Waals surface area (Å²) < 4.78 is 27.9. The van der Waals surface area contributed by atoms with Crippen molar-refractivity contribution >= 4 is 5.69 Å². The third-order valence-electron chi connectivity index (χ3n) is 3.16. The molecule has 1 aromatic carbocycles. The predicted octanol–water partition coefficient (Wildman–Crippen LogP) is 2.85. The third kappa shape index (κ3) is 2.93. The molecule has 0 saturated heterocycles. The number of halogens is 2. The van der Waals surface area contributed by atoms with Gasteiger partial charge in [-0.05, 0) is 25.1 Å². The number of aromatic nitrogens is 1. The highest BCUT2D eigenvalue weighted by Gasteiger charge is 2.17. The van der Waals surface area contributed by atoms with Crippen LogP contribution in [0, 0.1) is 11.6 Å². The van der Waals surface area contributed by atoms with Crippen molar-refractivity contribution in [3.63, 3.8) is 0 Å². The lowest BCUT2D eigenvalue weighted by Crippen LogP contribution is -2.24. The van der Waals surface area contributed by atoms with Crippen LogP contribution in [0.15, 0.2) is 36.5 Å². The first-order valence-electron chi connectivity index (χ1n) is 6.49.